The monoisotopic (exact) mass is 236 g/mol. The highest BCUT2D eigenvalue weighted by Crippen LogP contribution is 1.98. The molecule has 0 amide bonds. The maximum absolute atomic E-state index is 9.99. The molecular formula is Cl2F2O4S2. The van der Waals surface area contributed by atoms with Crippen molar-refractivity contribution in [2.45, 2.75) is 0 Å². The summed E-state index contributed by atoms with van der Waals surface area (Å²) in [4.78, 5) is 0. The molecule has 0 rings (SSSR count). The molecule has 10 heteroatoms. The van der Waals surface area contributed by atoms with Gasteiger partial charge < -0.3 is 0 Å². The van der Waals surface area contributed by atoms with E-state index in [2.05, 4.69) is 21.4 Å². The third-order valence-corrected chi connectivity index (χ3v) is 0. The van der Waals surface area contributed by atoms with Gasteiger partial charge in [0.25, 0.3) is 0 Å². The van der Waals surface area contributed by atoms with Gasteiger partial charge in [0.15, 0.2) is 0 Å². The minimum absolute atomic E-state index is 3.72. The van der Waals surface area contributed by atoms with Gasteiger partial charge in [-0.3, -0.25) is 0 Å². The Balaban J connectivity index is 0. The van der Waals surface area contributed by atoms with Gasteiger partial charge in [-0.2, -0.15) is 16.8 Å². The van der Waals surface area contributed by atoms with E-state index in [-0.39, 0.29) is 0 Å². The van der Waals surface area contributed by atoms with Gasteiger partial charge in [-0.05, 0) is 0 Å². The Morgan fingerprint density at radius 1 is 0.900 bits per heavy atom. The van der Waals surface area contributed by atoms with E-state index in [1.54, 1.807) is 0 Å². The second-order valence-corrected chi connectivity index (χ2v) is 5.18. The van der Waals surface area contributed by atoms with Crippen LogP contribution in [0.15, 0.2) is 0 Å². The summed E-state index contributed by atoms with van der Waals surface area (Å²) in [5, 5.41) is 0. The van der Waals surface area contributed by atoms with Crippen molar-refractivity contribution < 1.29 is 24.6 Å². The lowest BCUT2D eigenvalue weighted by Gasteiger charge is -1.61. The predicted molar refractivity (Wildman–Crippen MR) is 31.8 cm³/mol. The Bertz CT molecular complexity index is 216. The fraction of sp³-hybridized carbons (Fsp3) is 0. The Morgan fingerprint density at radius 3 is 0.900 bits per heavy atom. The number of rotatable bonds is 0. The fourth-order valence-corrected chi connectivity index (χ4v) is 0. The summed E-state index contributed by atoms with van der Waals surface area (Å²) < 4.78 is 54.9. The number of hydrogen-bond donors (Lipinski definition) is 0. The van der Waals surface area contributed by atoms with E-state index in [4.69, 9.17) is 16.8 Å². The Kier molecular flexibility index (Phi) is 5.53. The zero-order valence-electron chi connectivity index (χ0n) is 3.96. The molecule has 0 atom stereocenters. The van der Waals surface area contributed by atoms with Crippen LogP contribution in [0.4, 0.5) is 7.77 Å². The first-order valence-electron chi connectivity index (χ1n) is 1.28. The molecule has 0 N–H and O–H groups in total. The van der Waals surface area contributed by atoms with Crippen molar-refractivity contribution in [3.05, 3.63) is 0 Å². The van der Waals surface area contributed by atoms with Crippen molar-refractivity contribution in [3.8, 4) is 0 Å². The molecule has 0 aliphatic rings. The minimum atomic E-state index is -5.67. The van der Waals surface area contributed by atoms with E-state index in [1.165, 1.54) is 0 Å². The topological polar surface area (TPSA) is 68.3 Å². The molecule has 0 aromatic rings. The van der Waals surface area contributed by atoms with Crippen LogP contribution < -0.4 is 0 Å². The van der Waals surface area contributed by atoms with Crippen molar-refractivity contribution in [3.63, 3.8) is 0 Å². The second-order valence-electron chi connectivity index (χ2n) is 0.757. The molecule has 0 aromatic carbocycles. The summed E-state index contributed by atoms with van der Waals surface area (Å²) in [6.07, 6.45) is 0. The summed E-state index contributed by atoms with van der Waals surface area (Å²) in [5.41, 5.74) is 0. The van der Waals surface area contributed by atoms with Crippen LogP contribution in [0.25, 0.3) is 0 Å². The van der Waals surface area contributed by atoms with Gasteiger partial charge in [0, 0.05) is 21.4 Å². The number of hydrogen-bond acceptors (Lipinski definition) is 4. The first kappa shape index (κ1) is 13.0. The standard InChI is InChI=1S/Cl2O2S.F2O2S/c2*1-5(2,3)4. The van der Waals surface area contributed by atoms with Crippen LogP contribution in [0.1, 0.15) is 0 Å². The van der Waals surface area contributed by atoms with Crippen molar-refractivity contribution in [2.24, 2.45) is 0 Å². The zero-order valence-corrected chi connectivity index (χ0v) is 7.11. The molecule has 0 aliphatic carbocycles. The van der Waals surface area contributed by atoms with Crippen LogP contribution in [-0.2, 0) is 18.9 Å². The van der Waals surface area contributed by atoms with Gasteiger partial charge in [0.2, 0.25) is 0 Å². The quantitative estimate of drug-likeness (QED) is 0.586. The molecule has 0 aromatic heterocycles. The predicted octanol–water partition coefficient (Wildman–Crippen LogP) is 0.879. The molecule has 0 bridgehead atoms. The van der Waals surface area contributed by atoms with Gasteiger partial charge in [-0.25, -0.2) is 0 Å². The molecule has 0 saturated heterocycles. The fourth-order valence-electron chi connectivity index (χ4n) is 0. The van der Waals surface area contributed by atoms with E-state index in [0.29, 0.717) is 0 Å². The molecule has 10 heavy (non-hydrogen) atoms. The van der Waals surface area contributed by atoms with Gasteiger partial charge in [0.1, 0.15) is 0 Å². The van der Waals surface area contributed by atoms with E-state index in [1.807, 2.05) is 0 Å². The Hall–Kier alpha value is 0.340. The van der Waals surface area contributed by atoms with Gasteiger partial charge in [0.05, 0.1) is 0 Å². The smallest absolute Gasteiger partial charge is 0.195 e. The molecule has 0 radical (unpaired) electrons. The van der Waals surface area contributed by atoms with E-state index >= 15 is 0 Å². The second kappa shape index (κ2) is 4.27. The average molecular weight is 237 g/mol. The highest BCUT2D eigenvalue weighted by atomic mass is 36.0. The molecular weight excluding hydrogens is 237 g/mol. The number of halogens is 4. The minimum Gasteiger partial charge on any atom is -0.195 e. The van der Waals surface area contributed by atoms with Crippen molar-refractivity contribution in [1.29, 1.82) is 0 Å². The molecule has 0 fully saturated rings. The SMILES string of the molecule is O=S(=O)(Cl)Cl.O=S(=O)(F)F. The first-order valence-corrected chi connectivity index (χ1v) is 5.70. The largest absolute Gasteiger partial charge is 0.476 e. The third-order valence-electron chi connectivity index (χ3n) is 0. The van der Waals surface area contributed by atoms with Crippen LogP contribution in [0, 0.1) is 0 Å². The van der Waals surface area contributed by atoms with Crippen LogP contribution in [0.3, 0.4) is 0 Å². The average Bonchev–Trinajstić information content (AvgIpc) is 1.12. The Labute approximate surface area is 65.2 Å². The van der Waals surface area contributed by atoms with Gasteiger partial charge >= 0.3 is 18.9 Å². The maximum Gasteiger partial charge on any atom is 0.476 e. The lowest BCUT2D eigenvalue weighted by atomic mass is 15.9. The lowest BCUT2D eigenvalue weighted by molar-refractivity contribution is 0.501. The molecule has 64 valence electrons. The van der Waals surface area contributed by atoms with E-state index < -0.39 is 18.9 Å². The van der Waals surface area contributed by atoms with Gasteiger partial charge in [-0.15, -0.1) is 0 Å². The summed E-state index contributed by atoms with van der Waals surface area (Å²) >= 11 is 0. The van der Waals surface area contributed by atoms with E-state index in [0.717, 1.165) is 0 Å². The summed E-state index contributed by atoms with van der Waals surface area (Å²) in [6, 6.07) is 0. The molecule has 0 spiro atoms. The summed E-state index contributed by atoms with van der Waals surface area (Å²) in [6.45, 7) is 0. The lowest BCUT2D eigenvalue weighted by Crippen LogP contribution is -1.69. The molecule has 0 heterocycles. The third kappa shape index (κ3) is 3890. The zero-order chi connectivity index (χ0) is 9.00. The van der Waals surface area contributed by atoms with Crippen molar-refractivity contribution >= 4 is 40.2 Å². The molecule has 0 saturated carbocycles. The van der Waals surface area contributed by atoms with E-state index in [9.17, 15) is 7.77 Å². The molecule has 0 unspecified atom stereocenters. The van der Waals surface area contributed by atoms with Crippen molar-refractivity contribution in [2.75, 3.05) is 0 Å². The summed E-state index contributed by atoms with van der Waals surface area (Å²) in [5.74, 6) is 0. The molecule has 4 nitrogen and oxygen atoms in total. The summed E-state index contributed by atoms with van der Waals surface area (Å²) in [7, 11) is -0.853. The van der Waals surface area contributed by atoms with Crippen LogP contribution in [-0.4, -0.2) is 16.8 Å². The van der Waals surface area contributed by atoms with Crippen molar-refractivity contribution in [1.82, 2.24) is 0 Å². The van der Waals surface area contributed by atoms with Crippen LogP contribution in [0.2, 0.25) is 0 Å². The van der Waals surface area contributed by atoms with Gasteiger partial charge in [-0.1, -0.05) is 7.77 Å². The maximum atomic E-state index is 9.99. The van der Waals surface area contributed by atoms with Crippen LogP contribution in [0.5, 0.6) is 0 Å². The first-order chi connectivity index (χ1) is 4.00. The highest BCUT2D eigenvalue weighted by Gasteiger charge is 1.94. The normalized spacial score (nSPS) is 11.6. The molecule has 0 aliphatic heterocycles. The highest BCUT2D eigenvalue weighted by molar-refractivity contribution is 8.31. The van der Waals surface area contributed by atoms with Crippen LogP contribution >= 0.6 is 21.4 Å². The Morgan fingerprint density at radius 2 is 0.900 bits per heavy atom.